The molecule has 0 atom stereocenters. The van der Waals surface area contributed by atoms with E-state index in [4.69, 9.17) is 21.9 Å². The summed E-state index contributed by atoms with van der Waals surface area (Å²) in [6.07, 6.45) is -1.18. The fourth-order valence-corrected chi connectivity index (χ4v) is 4.69. The van der Waals surface area contributed by atoms with E-state index in [2.05, 4.69) is 10.3 Å². The van der Waals surface area contributed by atoms with Crippen molar-refractivity contribution >= 4 is 40.9 Å². The lowest BCUT2D eigenvalue weighted by atomic mass is 9.74. The van der Waals surface area contributed by atoms with Crippen molar-refractivity contribution in [1.29, 1.82) is 5.26 Å². The van der Waals surface area contributed by atoms with E-state index in [9.17, 15) is 22.8 Å². The number of hydrogen-bond donors (Lipinski definition) is 1. The number of nitrogens with zero attached hydrogens (tertiary/aromatic N) is 4. The molecule has 1 saturated carbocycles. The van der Waals surface area contributed by atoms with E-state index < -0.39 is 40.6 Å². The zero-order valence-electron chi connectivity index (χ0n) is 20.5. The number of anilines is 2. The van der Waals surface area contributed by atoms with Crippen molar-refractivity contribution in [2.45, 2.75) is 37.5 Å². The van der Waals surface area contributed by atoms with Gasteiger partial charge in [-0.25, -0.2) is 9.37 Å². The number of carbonyl (C=O) groups is 2. The maximum Gasteiger partial charge on any atom is 0.419 e. The molecule has 2 amide bonds. The van der Waals surface area contributed by atoms with Gasteiger partial charge in [0.05, 0.1) is 41.3 Å². The largest absolute Gasteiger partial charge is 0.467 e. The third-order valence-corrected chi connectivity index (χ3v) is 6.81. The normalized spacial score (nSPS) is 14.1. The van der Waals surface area contributed by atoms with Gasteiger partial charge in [-0.15, -0.1) is 0 Å². The molecule has 0 aliphatic heterocycles. The molecule has 1 aliphatic rings. The molecule has 8 nitrogen and oxygen atoms in total. The number of hydrogen-bond acceptors (Lipinski definition) is 6. The Morgan fingerprint density at radius 2 is 2.00 bits per heavy atom. The van der Waals surface area contributed by atoms with Gasteiger partial charge in [0.1, 0.15) is 23.2 Å². The summed E-state index contributed by atoms with van der Waals surface area (Å²) < 4.78 is 60.5. The average Bonchev–Trinajstić information content (AvgIpc) is 3.41. The molecule has 0 spiro atoms. The lowest BCUT2D eigenvalue weighted by Gasteiger charge is -2.49. The first-order valence-corrected chi connectivity index (χ1v) is 12.1. The summed E-state index contributed by atoms with van der Waals surface area (Å²) >= 11 is 5.16. The predicted molar refractivity (Wildman–Crippen MR) is 136 cm³/mol. The van der Waals surface area contributed by atoms with Crippen molar-refractivity contribution in [3.05, 3.63) is 77.3 Å². The van der Waals surface area contributed by atoms with Crippen LogP contribution in [0.25, 0.3) is 0 Å². The van der Waals surface area contributed by atoms with Crippen molar-refractivity contribution in [1.82, 2.24) is 10.3 Å². The summed E-state index contributed by atoms with van der Waals surface area (Å²) in [6, 6.07) is 9.16. The van der Waals surface area contributed by atoms with Gasteiger partial charge in [-0.3, -0.25) is 9.59 Å². The van der Waals surface area contributed by atoms with Gasteiger partial charge in [0, 0.05) is 12.7 Å². The van der Waals surface area contributed by atoms with Gasteiger partial charge in [-0.1, -0.05) is 12.2 Å². The highest BCUT2D eigenvalue weighted by Gasteiger charge is 2.51. The van der Waals surface area contributed by atoms with Crippen LogP contribution in [-0.4, -0.2) is 34.9 Å². The summed E-state index contributed by atoms with van der Waals surface area (Å²) in [5, 5.41) is 11.6. The highest BCUT2D eigenvalue weighted by molar-refractivity contribution is 7.79. The number of amides is 2. The molecule has 202 valence electrons. The Morgan fingerprint density at radius 1 is 1.26 bits per heavy atom. The number of pyridine rings is 1. The number of thiocarbonyl (C=S) groups is 1. The van der Waals surface area contributed by atoms with Crippen LogP contribution in [0.1, 0.15) is 46.6 Å². The first kappa shape index (κ1) is 27.7. The molecular formula is C26H21F4N5O3S. The molecule has 1 aliphatic carbocycles. The molecule has 3 aromatic rings. The standard InChI is InChI=1S/C26H21F4N5O3S/c1-34(17-10-20(26(28,29)30)22(12-31)32-13-17)24(37)25(7-3-8-25)35(15-39)16-5-6-19(21(27)11-16)23(36)33-14-18-4-2-9-38-18/h2,4-6,9-11,13,15H,3,7-8,14H2,1H3,(H,33,36). The summed E-state index contributed by atoms with van der Waals surface area (Å²) in [6.45, 7) is 0.0588. The third-order valence-electron chi connectivity index (χ3n) is 6.60. The molecule has 2 heterocycles. The van der Waals surface area contributed by atoms with Crippen LogP contribution in [0, 0.1) is 17.1 Å². The van der Waals surface area contributed by atoms with E-state index in [1.165, 1.54) is 41.9 Å². The number of carbonyl (C=O) groups excluding carboxylic acids is 2. The number of likely N-dealkylation sites (N-methyl/N-ethyl adjacent to an activating group) is 1. The molecule has 2 aromatic heterocycles. The van der Waals surface area contributed by atoms with Gasteiger partial charge in [0.15, 0.2) is 5.69 Å². The van der Waals surface area contributed by atoms with Crippen molar-refractivity contribution in [3.63, 3.8) is 0 Å². The van der Waals surface area contributed by atoms with E-state index in [1.54, 1.807) is 12.1 Å². The lowest BCUT2D eigenvalue weighted by Crippen LogP contribution is -2.63. The molecule has 1 fully saturated rings. The summed E-state index contributed by atoms with van der Waals surface area (Å²) in [5.41, 5.74) is -2.40. The van der Waals surface area contributed by atoms with Crippen molar-refractivity contribution in [2.24, 2.45) is 0 Å². The van der Waals surface area contributed by atoms with Crippen molar-refractivity contribution in [2.75, 3.05) is 16.8 Å². The number of aromatic nitrogens is 1. The molecule has 0 unspecified atom stereocenters. The highest BCUT2D eigenvalue weighted by atomic mass is 32.1. The van der Waals surface area contributed by atoms with Crippen LogP contribution in [0.5, 0.6) is 0 Å². The fraction of sp³-hybridized carbons (Fsp3) is 0.269. The molecule has 13 heteroatoms. The van der Waals surface area contributed by atoms with Crippen LogP contribution < -0.4 is 15.1 Å². The second kappa shape index (κ2) is 10.8. The Labute approximate surface area is 225 Å². The Kier molecular flexibility index (Phi) is 7.69. The minimum absolute atomic E-state index is 0.0588. The second-order valence-corrected chi connectivity index (χ2v) is 9.06. The second-order valence-electron chi connectivity index (χ2n) is 8.85. The van der Waals surface area contributed by atoms with Crippen molar-refractivity contribution < 1.29 is 31.6 Å². The maximum atomic E-state index is 15.0. The topological polar surface area (TPSA) is 102 Å². The van der Waals surface area contributed by atoms with Gasteiger partial charge in [-0.2, -0.15) is 18.4 Å². The Bertz CT molecular complexity index is 1450. The zero-order valence-corrected chi connectivity index (χ0v) is 21.3. The number of benzene rings is 1. The van der Waals surface area contributed by atoms with E-state index in [0.717, 1.165) is 17.2 Å². The first-order chi connectivity index (χ1) is 18.5. The Balaban J connectivity index is 1.60. The van der Waals surface area contributed by atoms with Crippen LogP contribution in [0.3, 0.4) is 0 Å². The number of halogens is 4. The minimum Gasteiger partial charge on any atom is -0.467 e. The monoisotopic (exact) mass is 559 g/mol. The van der Waals surface area contributed by atoms with Gasteiger partial charge in [0.25, 0.3) is 11.8 Å². The first-order valence-electron chi connectivity index (χ1n) is 11.6. The van der Waals surface area contributed by atoms with E-state index in [1.807, 2.05) is 0 Å². The average molecular weight is 560 g/mol. The lowest BCUT2D eigenvalue weighted by molar-refractivity contribution is -0.138. The number of furan rings is 1. The molecule has 0 saturated heterocycles. The SMILES string of the molecule is CN(C(=O)C1(N(C=S)c2ccc(C(=O)NCc3ccco3)c(F)c2)CCC1)c1cnc(C#N)c(C(F)(F)F)c1. The number of rotatable bonds is 8. The number of nitrogens with one attached hydrogen (secondary N) is 1. The summed E-state index contributed by atoms with van der Waals surface area (Å²) in [5.74, 6) is -1.63. The van der Waals surface area contributed by atoms with Crippen LogP contribution in [0.4, 0.5) is 28.9 Å². The zero-order chi connectivity index (χ0) is 28.4. The van der Waals surface area contributed by atoms with Gasteiger partial charge in [0.2, 0.25) is 0 Å². The molecular weight excluding hydrogens is 538 g/mol. The highest BCUT2D eigenvalue weighted by Crippen LogP contribution is 2.42. The molecule has 4 rings (SSSR count). The molecule has 0 radical (unpaired) electrons. The van der Waals surface area contributed by atoms with Gasteiger partial charge < -0.3 is 19.5 Å². The van der Waals surface area contributed by atoms with Crippen molar-refractivity contribution in [3.8, 4) is 6.07 Å². The minimum atomic E-state index is -4.85. The van der Waals surface area contributed by atoms with E-state index in [0.29, 0.717) is 31.1 Å². The molecule has 39 heavy (non-hydrogen) atoms. The van der Waals surface area contributed by atoms with E-state index >= 15 is 4.39 Å². The number of alkyl halides is 3. The third kappa shape index (κ3) is 5.33. The maximum absolute atomic E-state index is 15.0. The molecule has 0 bridgehead atoms. The smallest absolute Gasteiger partial charge is 0.419 e. The summed E-state index contributed by atoms with van der Waals surface area (Å²) in [4.78, 5) is 32.1. The Morgan fingerprint density at radius 3 is 2.54 bits per heavy atom. The quantitative estimate of drug-likeness (QED) is 0.307. The number of nitriles is 1. The fourth-order valence-electron chi connectivity index (χ4n) is 4.36. The molecule has 1 aromatic carbocycles. The van der Waals surface area contributed by atoms with Gasteiger partial charge in [-0.05, 0) is 55.7 Å². The van der Waals surface area contributed by atoms with Crippen LogP contribution in [0.2, 0.25) is 0 Å². The Hall–Kier alpha value is -4.31. The molecule has 1 N–H and O–H groups in total. The van der Waals surface area contributed by atoms with Gasteiger partial charge >= 0.3 is 6.18 Å². The van der Waals surface area contributed by atoms with Crippen LogP contribution in [-0.2, 0) is 17.5 Å². The van der Waals surface area contributed by atoms with Crippen LogP contribution in [0.15, 0.2) is 53.3 Å². The summed E-state index contributed by atoms with van der Waals surface area (Å²) in [7, 11) is 1.29. The van der Waals surface area contributed by atoms with E-state index in [-0.39, 0.29) is 23.5 Å². The predicted octanol–water partition coefficient (Wildman–Crippen LogP) is 4.98. The van der Waals surface area contributed by atoms with Crippen LogP contribution >= 0.6 is 12.2 Å².